The van der Waals surface area contributed by atoms with E-state index >= 15 is 0 Å². The molecule has 2 aromatic rings. The number of hydrogen-bond acceptors (Lipinski definition) is 3. The Hall–Kier alpha value is -2.05. The molecule has 31 heavy (non-hydrogen) atoms. The minimum Gasteiger partial charge on any atom is -0.494 e. The van der Waals surface area contributed by atoms with Crippen molar-refractivity contribution >= 4 is 39.3 Å². The number of carbonyl (C=O) groups excluding carboxylic acids is 2. The maximum Gasteiger partial charge on any atom is 0.242 e. The van der Waals surface area contributed by atoms with Crippen molar-refractivity contribution in [2.24, 2.45) is 0 Å². The van der Waals surface area contributed by atoms with Crippen molar-refractivity contribution in [3.05, 3.63) is 63.6 Å². The van der Waals surface area contributed by atoms with Gasteiger partial charge in [0, 0.05) is 28.5 Å². The Balaban J connectivity index is 2.00. The lowest BCUT2D eigenvalue weighted by atomic mass is 10.1. The molecule has 0 aliphatic rings. The maximum atomic E-state index is 13.1. The first-order valence-electron chi connectivity index (χ1n) is 10.5. The van der Waals surface area contributed by atoms with Crippen molar-refractivity contribution in [2.45, 2.75) is 58.7 Å². The predicted octanol–water partition coefficient (Wildman–Crippen LogP) is 5.59. The number of rotatable bonds is 11. The Morgan fingerprint density at radius 1 is 1.16 bits per heavy atom. The molecule has 5 nitrogen and oxygen atoms in total. The Morgan fingerprint density at radius 3 is 2.52 bits per heavy atom. The van der Waals surface area contributed by atoms with Gasteiger partial charge in [-0.2, -0.15) is 0 Å². The molecule has 0 fully saturated rings. The molecule has 2 amide bonds. The zero-order valence-electron chi connectivity index (χ0n) is 18.2. The standard InChI is InChI=1S/C24H30BrClN2O3/c1-4-17(2)27-24(30)18(3)28(16-19-7-5-8-20(25)15-19)23(29)9-6-14-31-22-12-10-21(26)11-13-22/h5,7-8,10-13,15,17-18H,4,6,9,14,16H2,1-3H3,(H,27,30)/t17-,18+/m0/s1. The number of hydrogen-bond donors (Lipinski definition) is 1. The Morgan fingerprint density at radius 2 is 1.87 bits per heavy atom. The summed E-state index contributed by atoms with van der Waals surface area (Å²) in [6.07, 6.45) is 1.68. The van der Waals surface area contributed by atoms with Crippen LogP contribution in [0.2, 0.25) is 5.02 Å². The number of benzene rings is 2. The van der Waals surface area contributed by atoms with E-state index in [9.17, 15) is 9.59 Å². The first-order chi connectivity index (χ1) is 14.8. The van der Waals surface area contributed by atoms with E-state index in [0.717, 1.165) is 16.5 Å². The third-order valence-corrected chi connectivity index (χ3v) is 5.77. The second-order valence-electron chi connectivity index (χ2n) is 7.55. The van der Waals surface area contributed by atoms with E-state index in [2.05, 4.69) is 21.2 Å². The number of amides is 2. The SMILES string of the molecule is CC[C@H](C)NC(=O)[C@@H](C)N(Cc1cccc(Br)c1)C(=O)CCCOc1ccc(Cl)cc1. The second-order valence-corrected chi connectivity index (χ2v) is 8.90. The number of ether oxygens (including phenoxy) is 1. The van der Waals surface area contributed by atoms with Crippen LogP contribution in [-0.4, -0.2) is 35.4 Å². The molecule has 0 aliphatic heterocycles. The van der Waals surface area contributed by atoms with Gasteiger partial charge in [0.15, 0.2) is 0 Å². The summed E-state index contributed by atoms with van der Waals surface area (Å²) >= 11 is 9.35. The highest BCUT2D eigenvalue weighted by Crippen LogP contribution is 2.18. The summed E-state index contributed by atoms with van der Waals surface area (Å²) in [5.41, 5.74) is 0.961. The lowest BCUT2D eigenvalue weighted by molar-refractivity contribution is -0.141. The Labute approximate surface area is 198 Å². The van der Waals surface area contributed by atoms with Crippen LogP contribution in [0.1, 0.15) is 45.6 Å². The molecule has 1 N–H and O–H groups in total. The third-order valence-electron chi connectivity index (χ3n) is 5.03. The zero-order chi connectivity index (χ0) is 22.8. The summed E-state index contributed by atoms with van der Waals surface area (Å²) in [5, 5.41) is 3.63. The van der Waals surface area contributed by atoms with Crippen LogP contribution in [0.4, 0.5) is 0 Å². The molecule has 0 saturated heterocycles. The van der Waals surface area contributed by atoms with E-state index in [1.807, 2.05) is 38.1 Å². The second kappa shape index (κ2) is 12.7. The molecule has 0 heterocycles. The molecule has 0 unspecified atom stereocenters. The Bertz CT molecular complexity index is 860. The molecule has 0 aliphatic carbocycles. The van der Waals surface area contributed by atoms with Crippen LogP contribution < -0.4 is 10.1 Å². The van der Waals surface area contributed by atoms with Gasteiger partial charge in [-0.3, -0.25) is 9.59 Å². The average Bonchev–Trinajstić information content (AvgIpc) is 2.75. The van der Waals surface area contributed by atoms with Crippen molar-refractivity contribution in [2.75, 3.05) is 6.61 Å². The molecule has 2 rings (SSSR count). The lowest BCUT2D eigenvalue weighted by Gasteiger charge is -2.30. The smallest absolute Gasteiger partial charge is 0.242 e. The highest BCUT2D eigenvalue weighted by atomic mass is 79.9. The fourth-order valence-electron chi connectivity index (χ4n) is 2.97. The van der Waals surface area contributed by atoms with Crippen LogP contribution in [0.15, 0.2) is 53.0 Å². The van der Waals surface area contributed by atoms with E-state index in [1.165, 1.54) is 0 Å². The van der Waals surface area contributed by atoms with Crippen LogP contribution in [0, 0.1) is 0 Å². The van der Waals surface area contributed by atoms with Crippen molar-refractivity contribution < 1.29 is 14.3 Å². The molecule has 0 bridgehead atoms. The first-order valence-corrected chi connectivity index (χ1v) is 11.7. The quantitative estimate of drug-likeness (QED) is 0.402. The largest absolute Gasteiger partial charge is 0.494 e. The van der Waals surface area contributed by atoms with Gasteiger partial charge in [0.2, 0.25) is 11.8 Å². The number of nitrogens with zero attached hydrogens (tertiary/aromatic N) is 1. The molecular weight excluding hydrogens is 480 g/mol. The fourth-order valence-corrected chi connectivity index (χ4v) is 3.54. The number of carbonyl (C=O) groups is 2. The molecule has 2 atom stereocenters. The van der Waals surface area contributed by atoms with Gasteiger partial charge >= 0.3 is 0 Å². The van der Waals surface area contributed by atoms with Gasteiger partial charge in [0.25, 0.3) is 0 Å². The minimum absolute atomic E-state index is 0.0607. The van der Waals surface area contributed by atoms with E-state index in [1.54, 1.807) is 36.1 Å². The average molecular weight is 510 g/mol. The summed E-state index contributed by atoms with van der Waals surface area (Å²) in [4.78, 5) is 27.4. The van der Waals surface area contributed by atoms with Crippen molar-refractivity contribution in [3.8, 4) is 5.75 Å². The van der Waals surface area contributed by atoms with Gasteiger partial charge in [-0.25, -0.2) is 0 Å². The molecule has 0 spiro atoms. The molecule has 7 heteroatoms. The third kappa shape index (κ3) is 8.54. The number of halogens is 2. The van der Waals surface area contributed by atoms with Crippen molar-refractivity contribution in [1.82, 2.24) is 10.2 Å². The normalized spacial score (nSPS) is 12.7. The number of nitrogens with one attached hydrogen (secondary N) is 1. The topological polar surface area (TPSA) is 58.6 Å². The minimum atomic E-state index is -0.572. The summed E-state index contributed by atoms with van der Waals surface area (Å²) in [6, 6.07) is 14.4. The summed E-state index contributed by atoms with van der Waals surface area (Å²) in [6.45, 7) is 6.52. The van der Waals surface area contributed by atoms with Gasteiger partial charge in [0.1, 0.15) is 11.8 Å². The van der Waals surface area contributed by atoms with Crippen LogP contribution in [-0.2, 0) is 16.1 Å². The van der Waals surface area contributed by atoms with Crippen LogP contribution in [0.5, 0.6) is 5.75 Å². The van der Waals surface area contributed by atoms with Gasteiger partial charge in [-0.05, 0) is 68.7 Å². The van der Waals surface area contributed by atoms with Crippen LogP contribution >= 0.6 is 27.5 Å². The summed E-state index contributed by atoms with van der Waals surface area (Å²) in [5.74, 6) is 0.491. The van der Waals surface area contributed by atoms with Gasteiger partial charge in [0.05, 0.1) is 6.61 Å². The Kier molecular flexibility index (Phi) is 10.3. The molecule has 168 valence electrons. The van der Waals surface area contributed by atoms with E-state index in [4.69, 9.17) is 16.3 Å². The molecule has 0 radical (unpaired) electrons. The van der Waals surface area contributed by atoms with Crippen molar-refractivity contribution in [1.29, 1.82) is 0 Å². The lowest BCUT2D eigenvalue weighted by Crippen LogP contribution is -2.49. The molecule has 0 aromatic heterocycles. The molecular formula is C24H30BrClN2O3. The maximum absolute atomic E-state index is 13.1. The first kappa shape index (κ1) is 25.2. The van der Waals surface area contributed by atoms with Crippen LogP contribution in [0.3, 0.4) is 0 Å². The molecule has 2 aromatic carbocycles. The zero-order valence-corrected chi connectivity index (χ0v) is 20.6. The van der Waals surface area contributed by atoms with Crippen LogP contribution in [0.25, 0.3) is 0 Å². The highest BCUT2D eigenvalue weighted by molar-refractivity contribution is 9.10. The fraction of sp³-hybridized carbons (Fsp3) is 0.417. The predicted molar refractivity (Wildman–Crippen MR) is 128 cm³/mol. The summed E-state index contributed by atoms with van der Waals surface area (Å²) in [7, 11) is 0. The van der Waals surface area contributed by atoms with E-state index in [0.29, 0.717) is 36.8 Å². The van der Waals surface area contributed by atoms with Crippen molar-refractivity contribution in [3.63, 3.8) is 0 Å². The van der Waals surface area contributed by atoms with Gasteiger partial charge < -0.3 is 15.0 Å². The highest BCUT2D eigenvalue weighted by Gasteiger charge is 2.26. The van der Waals surface area contributed by atoms with Gasteiger partial charge in [-0.15, -0.1) is 0 Å². The molecule has 0 saturated carbocycles. The van der Waals surface area contributed by atoms with E-state index in [-0.39, 0.29) is 17.9 Å². The van der Waals surface area contributed by atoms with E-state index < -0.39 is 6.04 Å². The van der Waals surface area contributed by atoms with Gasteiger partial charge in [-0.1, -0.05) is 46.6 Å². The monoisotopic (exact) mass is 508 g/mol. The summed E-state index contributed by atoms with van der Waals surface area (Å²) < 4.78 is 6.62.